The second-order valence-corrected chi connectivity index (χ2v) is 6.28. The summed E-state index contributed by atoms with van der Waals surface area (Å²) in [5.74, 6) is 1.33. The van der Waals surface area contributed by atoms with Crippen molar-refractivity contribution in [2.24, 2.45) is 0 Å². The highest BCUT2D eigenvalue weighted by Crippen LogP contribution is 2.24. The predicted octanol–water partition coefficient (Wildman–Crippen LogP) is 1.37. The van der Waals surface area contributed by atoms with E-state index in [1.54, 1.807) is 24.7 Å². The Kier molecular flexibility index (Phi) is 5.53. The number of rotatable bonds is 6. The molecule has 3 aromatic rings. The van der Waals surface area contributed by atoms with Gasteiger partial charge in [-0.2, -0.15) is 4.98 Å². The van der Waals surface area contributed by atoms with Crippen LogP contribution in [-0.4, -0.2) is 57.8 Å². The number of ether oxygens (including phenoxy) is 2. The zero-order chi connectivity index (χ0) is 19.2. The minimum atomic E-state index is 0.221. The Balaban J connectivity index is 1.56. The van der Waals surface area contributed by atoms with Crippen molar-refractivity contribution in [1.82, 2.24) is 24.9 Å². The molecule has 9 nitrogen and oxygen atoms in total. The molecule has 0 spiro atoms. The summed E-state index contributed by atoms with van der Waals surface area (Å²) in [5, 5.41) is 0. The number of anilines is 2. The maximum absolute atomic E-state index is 5.92. The van der Waals surface area contributed by atoms with Crippen molar-refractivity contribution in [1.29, 1.82) is 0 Å². The lowest BCUT2D eigenvalue weighted by Gasteiger charge is -2.27. The normalized spacial score (nSPS) is 14.1. The van der Waals surface area contributed by atoms with Gasteiger partial charge in [-0.1, -0.05) is 6.07 Å². The summed E-state index contributed by atoms with van der Waals surface area (Å²) in [6, 6.07) is 5.73. The summed E-state index contributed by atoms with van der Waals surface area (Å²) in [7, 11) is 0. The third-order valence-electron chi connectivity index (χ3n) is 4.32. The van der Waals surface area contributed by atoms with Crippen molar-refractivity contribution in [2.45, 2.75) is 6.42 Å². The Hall–Kier alpha value is -3.33. The number of nitrogens with zero attached hydrogens (tertiary/aromatic N) is 6. The molecule has 1 saturated heterocycles. The maximum atomic E-state index is 5.92. The average molecular weight is 379 g/mol. The molecule has 9 heteroatoms. The predicted molar refractivity (Wildman–Crippen MR) is 104 cm³/mol. The van der Waals surface area contributed by atoms with Crippen LogP contribution in [0.3, 0.4) is 0 Å². The van der Waals surface area contributed by atoms with Crippen LogP contribution in [0.2, 0.25) is 0 Å². The Morgan fingerprint density at radius 2 is 1.93 bits per heavy atom. The van der Waals surface area contributed by atoms with Gasteiger partial charge in [-0.05, 0) is 11.6 Å². The van der Waals surface area contributed by atoms with Crippen LogP contribution in [0.4, 0.5) is 11.9 Å². The van der Waals surface area contributed by atoms with E-state index in [9.17, 15) is 0 Å². The van der Waals surface area contributed by atoms with Crippen molar-refractivity contribution >= 4 is 11.9 Å². The summed E-state index contributed by atoms with van der Waals surface area (Å²) in [6.45, 7) is 3.25. The zero-order valence-electron chi connectivity index (χ0n) is 15.4. The molecular weight excluding hydrogens is 358 g/mol. The van der Waals surface area contributed by atoms with Crippen LogP contribution < -0.4 is 15.4 Å². The summed E-state index contributed by atoms with van der Waals surface area (Å²) in [4.78, 5) is 23.6. The van der Waals surface area contributed by atoms with Gasteiger partial charge in [-0.25, -0.2) is 15.0 Å². The highest BCUT2D eigenvalue weighted by Gasteiger charge is 2.17. The van der Waals surface area contributed by atoms with E-state index >= 15 is 0 Å². The fourth-order valence-corrected chi connectivity index (χ4v) is 2.83. The van der Waals surface area contributed by atoms with Gasteiger partial charge in [-0.3, -0.25) is 4.98 Å². The summed E-state index contributed by atoms with van der Waals surface area (Å²) in [6.07, 6.45) is 7.62. The fourth-order valence-electron chi connectivity index (χ4n) is 2.83. The number of morpholine rings is 1. The Morgan fingerprint density at radius 3 is 2.68 bits per heavy atom. The number of aromatic nitrogens is 5. The minimum absolute atomic E-state index is 0.221. The molecule has 4 rings (SSSR count). The third-order valence-corrected chi connectivity index (χ3v) is 4.32. The summed E-state index contributed by atoms with van der Waals surface area (Å²) < 4.78 is 11.4. The van der Waals surface area contributed by atoms with Gasteiger partial charge in [0.1, 0.15) is 0 Å². The molecule has 1 aliphatic heterocycles. The van der Waals surface area contributed by atoms with E-state index in [4.69, 9.17) is 15.2 Å². The van der Waals surface area contributed by atoms with Gasteiger partial charge < -0.3 is 20.1 Å². The van der Waals surface area contributed by atoms with Gasteiger partial charge in [0.25, 0.3) is 0 Å². The zero-order valence-corrected chi connectivity index (χ0v) is 15.4. The molecule has 0 amide bonds. The lowest BCUT2D eigenvalue weighted by Crippen LogP contribution is -2.37. The quantitative estimate of drug-likeness (QED) is 0.678. The first-order chi connectivity index (χ1) is 13.8. The van der Waals surface area contributed by atoms with Crippen LogP contribution in [0.15, 0.2) is 43.0 Å². The lowest BCUT2D eigenvalue weighted by molar-refractivity contribution is 0.122. The number of hydrogen-bond acceptors (Lipinski definition) is 9. The molecule has 2 N–H and O–H groups in total. The monoisotopic (exact) mass is 379 g/mol. The van der Waals surface area contributed by atoms with E-state index in [-0.39, 0.29) is 5.95 Å². The average Bonchev–Trinajstić information content (AvgIpc) is 2.75. The first-order valence-electron chi connectivity index (χ1n) is 9.09. The molecule has 4 heterocycles. The second-order valence-electron chi connectivity index (χ2n) is 6.28. The van der Waals surface area contributed by atoms with Crippen molar-refractivity contribution in [3.63, 3.8) is 0 Å². The second kappa shape index (κ2) is 8.57. The molecule has 0 aromatic carbocycles. The number of hydrogen-bond donors (Lipinski definition) is 1. The molecule has 0 radical (unpaired) electrons. The fraction of sp³-hybridized carbons (Fsp3) is 0.316. The van der Waals surface area contributed by atoms with Crippen LogP contribution in [0, 0.1) is 0 Å². The molecular formula is C19H21N7O2. The maximum Gasteiger partial charge on any atom is 0.229 e. The van der Waals surface area contributed by atoms with E-state index in [0.29, 0.717) is 37.3 Å². The molecule has 144 valence electrons. The van der Waals surface area contributed by atoms with E-state index < -0.39 is 0 Å². The van der Waals surface area contributed by atoms with E-state index in [2.05, 4.69) is 29.8 Å². The third kappa shape index (κ3) is 4.49. The topological polar surface area (TPSA) is 112 Å². The Labute approximate surface area is 162 Å². The molecule has 28 heavy (non-hydrogen) atoms. The highest BCUT2D eigenvalue weighted by atomic mass is 16.5. The van der Waals surface area contributed by atoms with Gasteiger partial charge in [0.15, 0.2) is 0 Å². The van der Waals surface area contributed by atoms with E-state index in [1.165, 1.54) is 0 Å². The summed E-state index contributed by atoms with van der Waals surface area (Å²) in [5.41, 5.74) is 8.14. The minimum Gasteiger partial charge on any atom is -0.477 e. The molecule has 0 bridgehead atoms. The molecule has 1 fully saturated rings. The van der Waals surface area contributed by atoms with Crippen molar-refractivity contribution < 1.29 is 9.47 Å². The SMILES string of the molecule is Nc1ncc(-c2cc(OCCc3cccnc3)nc(N3CCOCC3)n2)cn1. The van der Waals surface area contributed by atoms with E-state index in [0.717, 1.165) is 30.6 Å². The smallest absolute Gasteiger partial charge is 0.229 e. The van der Waals surface area contributed by atoms with Gasteiger partial charge in [0, 0.05) is 55.9 Å². The van der Waals surface area contributed by atoms with Gasteiger partial charge >= 0.3 is 0 Å². The molecule has 3 aromatic heterocycles. The van der Waals surface area contributed by atoms with Crippen molar-refractivity contribution in [2.75, 3.05) is 43.5 Å². The van der Waals surface area contributed by atoms with Gasteiger partial charge in [0.2, 0.25) is 17.8 Å². The van der Waals surface area contributed by atoms with Crippen LogP contribution in [0.25, 0.3) is 11.3 Å². The highest BCUT2D eigenvalue weighted by molar-refractivity contribution is 5.60. The van der Waals surface area contributed by atoms with Crippen molar-refractivity contribution in [3.05, 3.63) is 48.5 Å². The van der Waals surface area contributed by atoms with Crippen LogP contribution in [-0.2, 0) is 11.2 Å². The largest absolute Gasteiger partial charge is 0.477 e. The van der Waals surface area contributed by atoms with Gasteiger partial charge in [0.05, 0.1) is 25.5 Å². The van der Waals surface area contributed by atoms with E-state index in [1.807, 2.05) is 18.3 Å². The number of nitrogen functional groups attached to an aromatic ring is 1. The molecule has 0 unspecified atom stereocenters. The summed E-state index contributed by atoms with van der Waals surface area (Å²) >= 11 is 0. The van der Waals surface area contributed by atoms with Crippen LogP contribution in [0.1, 0.15) is 5.56 Å². The van der Waals surface area contributed by atoms with Gasteiger partial charge in [-0.15, -0.1) is 0 Å². The first-order valence-corrected chi connectivity index (χ1v) is 9.09. The van der Waals surface area contributed by atoms with Crippen LogP contribution >= 0.6 is 0 Å². The Morgan fingerprint density at radius 1 is 1.11 bits per heavy atom. The number of nitrogens with two attached hydrogens (primary N) is 1. The Bertz CT molecular complexity index is 900. The van der Waals surface area contributed by atoms with Crippen molar-refractivity contribution in [3.8, 4) is 17.1 Å². The van der Waals surface area contributed by atoms with Crippen LogP contribution in [0.5, 0.6) is 5.88 Å². The molecule has 0 atom stereocenters. The molecule has 0 saturated carbocycles. The molecule has 0 aliphatic carbocycles. The standard InChI is InChI=1S/C19H21N7O2/c20-18-22-12-15(13-23-18)16-10-17(28-7-3-14-2-1-4-21-11-14)25-19(24-16)26-5-8-27-9-6-26/h1-2,4,10-13H,3,5-9H2,(H2,20,22,23). The lowest BCUT2D eigenvalue weighted by atomic mass is 10.2. The number of pyridine rings is 1. The molecule has 1 aliphatic rings. The first kappa shape index (κ1) is 18.1.